The van der Waals surface area contributed by atoms with E-state index >= 15 is 0 Å². The van der Waals surface area contributed by atoms with E-state index in [0.29, 0.717) is 6.04 Å². The highest BCUT2D eigenvalue weighted by Gasteiger charge is 2.28. The number of methoxy groups -OCH3 is 1. The Labute approximate surface area is 122 Å². The summed E-state index contributed by atoms with van der Waals surface area (Å²) in [4.78, 5) is 12.1. The van der Waals surface area contributed by atoms with Crippen molar-refractivity contribution in [2.24, 2.45) is 0 Å². The number of benzene rings is 2. The van der Waals surface area contributed by atoms with Crippen LogP contribution in [0.3, 0.4) is 0 Å². The lowest BCUT2D eigenvalue weighted by molar-refractivity contribution is -0.120. The van der Waals surface area contributed by atoms with Gasteiger partial charge in [-0.3, -0.25) is 4.79 Å². The molecule has 20 heavy (non-hydrogen) atoms. The van der Waals surface area contributed by atoms with Gasteiger partial charge in [0.2, 0.25) is 5.91 Å². The number of hydrogen-bond donors (Lipinski definition) is 1. The molecule has 0 radical (unpaired) electrons. The first-order chi connectivity index (χ1) is 9.70. The minimum Gasteiger partial charge on any atom is -0.496 e. The predicted molar refractivity (Wildman–Crippen MR) is 80.3 cm³/mol. The van der Waals surface area contributed by atoms with Crippen molar-refractivity contribution in [3.8, 4) is 5.75 Å². The maximum atomic E-state index is 12.1. The monoisotopic (exact) mass is 289 g/mol. The van der Waals surface area contributed by atoms with Crippen LogP contribution in [0.5, 0.6) is 5.75 Å². The topological polar surface area (TPSA) is 38.3 Å². The number of nitrogens with one attached hydrogen (secondary N) is 1. The van der Waals surface area contributed by atoms with Gasteiger partial charge in [-0.05, 0) is 29.9 Å². The molecular formula is C16H16ClNO2. The average Bonchev–Trinajstić information content (AvgIpc) is 3.29. The van der Waals surface area contributed by atoms with Crippen LogP contribution in [-0.4, -0.2) is 19.1 Å². The van der Waals surface area contributed by atoms with Crippen LogP contribution < -0.4 is 10.1 Å². The Hall–Kier alpha value is -1.74. The fourth-order valence-corrected chi connectivity index (χ4v) is 2.59. The van der Waals surface area contributed by atoms with Crippen molar-refractivity contribution in [3.63, 3.8) is 0 Å². The van der Waals surface area contributed by atoms with E-state index in [-0.39, 0.29) is 5.91 Å². The molecule has 1 N–H and O–H groups in total. The van der Waals surface area contributed by atoms with Crippen LogP contribution in [0.1, 0.15) is 23.8 Å². The molecule has 4 heteroatoms. The molecule has 0 bridgehead atoms. The van der Waals surface area contributed by atoms with E-state index in [4.69, 9.17) is 16.3 Å². The number of carbonyl (C=O) groups is 1. The molecule has 0 saturated heterocycles. The molecule has 0 aromatic heterocycles. The second-order valence-corrected chi connectivity index (χ2v) is 5.48. The van der Waals surface area contributed by atoms with Crippen molar-refractivity contribution in [2.45, 2.75) is 24.3 Å². The Bertz CT molecular complexity index is 652. The van der Waals surface area contributed by atoms with Crippen molar-refractivity contribution in [1.29, 1.82) is 0 Å². The van der Waals surface area contributed by atoms with E-state index in [9.17, 15) is 4.79 Å². The minimum atomic E-state index is -0.675. The van der Waals surface area contributed by atoms with Crippen LogP contribution in [0, 0.1) is 0 Å². The third-order valence-electron chi connectivity index (χ3n) is 3.56. The second kappa shape index (κ2) is 5.33. The number of hydrogen-bond acceptors (Lipinski definition) is 2. The van der Waals surface area contributed by atoms with Gasteiger partial charge >= 0.3 is 0 Å². The van der Waals surface area contributed by atoms with Crippen LogP contribution in [-0.2, 0) is 4.79 Å². The molecule has 3 rings (SSSR count). The van der Waals surface area contributed by atoms with Gasteiger partial charge in [0, 0.05) is 11.4 Å². The maximum absolute atomic E-state index is 12.1. The van der Waals surface area contributed by atoms with Crippen LogP contribution in [0.15, 0.2) is 36.4 Å². The summed E-state index contributed by atoms with van der Waals surface area (Å²) in [5.41, 5.74) is 0.821. The zero-order chi connectivity index (χ0) is 14.1. The van der Waals surface area contributed by atoms with Crippen molar-refractivity contribution in [2.75, 3.05) is 7.11 Å². The molecule has 1 amide bonds. The molecule has 1 aliphatic carbocycles. The molecule has 2 aromatic rings. The van der Waals surface area contributed by atoms with Gasteiger partial charge in [0.05, 0.1) is 7.11 Å². The quantitative estimate of drug-likeness (QED) is 0.876. The second-order valence-electron chi connectivity index (χ2n) is 5.05. The molecule has 2 aromatic carbocycles. The van der Waals surface area contributed by atoms with Crippen LogP contribution in [0.25, 0.3) is 10.8 Å². The van der Waals surface area contributed by atoms with Gasteiger partial charge in [-0.1, -0.05) is 30.3 Å². The number of halogens is 1. The van der Waals surface area contributed by atoms with Gasteiger partial charge in [-0.2, -0.15) is 0 Å². The normalized spacial score (nSPS) is 15.9. The summed E-state index contributed by atoms with van der Waals surface area (Å²) < 4.78 is 5.35. The molecule has 3 nitrogen and oxygen atoms in total. The van der Waals surface area contributed by atoms with Gasteiger partial charge in [0.25, 0.3) is 0 Å². The van der Waals surface area contributed by atoms with E-state index in [2.05, 4.69) is 5.32 Å². The van der Waals surface area contributed by atoms with Crippen molar-refractivity contribution in [3.05, 3.63) is 42.0 Å². The summed E-state index contributed by atoms with van der Waals surface area (Å²) in [5, 5.41) is 4.19. The standard InChI is InChI=1S/C16H16ClNO2/c1-20-14-9-8-13(11-4-2-3-5-12(11)14)15(17)16(19)18-10-6-7-10/h2-5,8-10,15H,6-7H2,1H3,(H,18,19). The van der Waals surface area contributed by atoms with Gasteiger partial charge < -0.3 is 10.1 Å². The molecule has 0 spiro atoms. The molecule has 1 fully saturated rings. The predicted octanol–water partition coefficient (Wildman–Crippen LogP) is 3.41. The number of carbonyl (C=O) groups excluding carboxylic acids is 1. The third kappa shape index (κ3) is 2.46. The van der Waals surface area contributed by atoms with E-state index < -0.39 is 5.38 Å². The Morgan fingerprint density at radius 2 is 1.95 bits per heavy atom. The fourth-order valence-electron chi connectivity index (χ4n) is 2.34. The molecule has 1 aliphatic rings. The lowest BCUT2D eigenvalue weighted by Gasteiger charge is -2.14. The summed E-state index contributed by atoms with van der Waals surface area (Å²) in [6, 6.07) is 11.9. The first kappa shape index (κ1) is 13.3. The first-order valence-electron chi connectivity index (χ1n) is 6.71. The zero-order valence-corrected chi connectivity index (χ0v) is 12.0. The van der Waals surface area contributed by atoms with E-state index in [0.717, 1.165) is 34.9 Å². The van der Waals surface area contributed by atoms with Gasteiger partial charge in [0.15, 0.2) is 0 Å². The summed E-state index contributed by atoms with van der Waals surface area (Å²) in [6.45, 7) is 0. The van der Waals surface area contributed by atoms with Crippen LogP contribution in [0.4, 0.5) is 0 Å². The number of rotatable bonds is 4. The highest BCUT2D eigenvalue weighted by atomic mass is 35.5. The Morgan fingerprint density at radius 3 is 2.60 bits per heavy atom. The third-order valence-corrected chi connectivity index (χ3v) is 4.00. The lowest BCUT2D eigenvalue weighted by Crippen LogP contribution is -2.28. The van der Waals surface area contributed by atoms with Crippen molar-refractivity contribution in [1.82, 2.24) is 5.32 Å². The van der Waals surface area contributed by atoms with Crippen LogP contribution >= 0.6 is 11.6 Å². The number of ether oxygens (including phenoxy) is 1. The average molecular weight is 290 g/mol. The Balaban J connectivity index is 2.00. The first-order valence-corrected chi connectivity index (χ1v) is 7.14. The zero-order valence-electron chi connectivity index (χ0n) is 11.2. The Kier molecular flexibility index (Phi) is 3.53. The molecular weight excluding hydrogens is 274 g/mol. The number of amides is 1. The maximum Gasteiger partial charge on any atom is 0.242 e. The molecule has 104 valence electrons. The molecule has 1 atom stereocenters. The van der Waals surface area contributed by atoms with Gasteiger partial charge in [-0.15, -0.1) is 11.6 Å². The number of fused-ring (bicyclic) bond motifs is 1. The summed E-state index contributed by atoms with van der Waals surface area (Å²) in [6.07, 6.45) is 2.11. The smallest absolute Gasteiger partial charge is 0.242 e. The fraction of sp³-hybridized carbons (Fsp3) is 0.312. The molecule has 0 heterocycles. The molecule has 0 aliphatic heterocycles. The largest absolute Gasteiger partial charge is 0.496 e. The summed E-state index contributed by atoms with van der Waals surface area (Å²) in [5.74, 6) is 0.667. The van der Waals surface area contributed by atoms with Crippen LogP contribution in [0.2, 0.25) is 0 Å². The van der Waals surface area contributed by atoms with Gasteiger partial charge in [0.1, 0.15) is 11.1 Å². The summed E-state index contributed by atoms with van der Waals surface area (Å²) in [7, 11) is 1.64. The Morgan fingerprint density at radius 1 is 1.25 bits per heavy atom. The van der Waals surface area contributed by atoms with E-state index in [1.54, 1.807) is 7.11 Å². The SMILES string of the molecule is COc1ccc(C(Cl)C(=O)NC2CC2)c2ccccc12. The van der Waals surface area contributed by atoms with E-state index in [1.165, 1.54) is 0 Å². The highest BCUT2D eigenvalue weighted by Crippen LogP contribution is 2.34. The molecule has 1 saturated carbocycles. The van der Waals surface area contributed by atoms with Crippen molar-refractivity contribution < 1.29 is 9.53 Å². The number of alkyl halides is 1. The van der Waals surface area contributed by atoms with Crippen molar-refractivity contribution >= 4 is 28.3 Å². The van der Waals surface area contributed by atoms with E-state index in [1.807, 2.05) is 36.4 Å². The highest BCUT2D eigenvalue weighted by molar-refractivity contribution is 6.31. The van der Waals surface area contributed by atoms with Gasteiger partial charge in [-0.25, -0.2) is 0 Å². The molecule has 1 unspecified atom stereocenters. The summed E-state index contributed by atoms with van der Waals surface area (Å²) >= 11 is 6.35. The lowest BCUT2D eigenvalue weighted by atomic mass is 10.0. The minimum absolute atomic E-state index is 0.121.